The molecule has 2 nitrogen and oxygen atoms in total. The van der Waals surface area contributed by atoms with Crippen LogP contribution < -0.4 is 0 Å². The number of aryl methyl sites for hydroxylation is 2. The van der Waals surface area contributed by atoms with Crippen LogP contribution in [-0.2, 0) is 0 Å². The average molecular weight is 437 g/mol. The van der Waals surface area contributed by atoms with Gasteiger partial charge in [-0.15, -0.1) is 0 Å². The smallest absolute Gasteiger partial charge is 0.0541 e. The lowest BCUT2D eigenvalue weighted by atomic mass is 10.0. The van der Waals surface area contributed by atoms with Gasteiger partial charge in [-0.1, -0.05) is 60.2 Å². The van der Waals surface area contributed by atoms with Crippen molar-refractivity contribution in [1.82, 2.24) is 9.55 Å². The van der Waals surface area contributed by atoms with Crippen molar-refractivity contribution in [1.29, 1.82) is 0 Å². The molecule has 0 radical (unpaired) electrons. The first kappa shape index (κ1) is 19.2. The number of aromatic nitrogens is 2. The maximum atomic E-state index is 3.54. The molecule has 7 rings (SSSR count). The third-order valence-corrected chi connectivity index (χ3v) is 7.12. The minimum atomic E-state index is 1.18. The first-order valence-electron chi connectivity index (χ1n) is 11.8. The summed E-state index contributed by atoms with van der Waals surface area (Å²) in [7, 11) is 0. The number of benzene rings is 5. The van der Waals surface area contributed by atoms with Gasteiger partial charge in [-0.05, 0) is 79.1 Å². The highest BCUT2D eigenvalue weighted by Gasteiger charge is 2.15. The molecule has 0 saturated heterocycles. The van der Waals surface area contributed by atoms with Gasteiger partial charge in [0.1, 0.15) is 0 Å². The molecule has 1 N–H and O–H groups in total. The van der Waals surface area contributed by atoms with Crippen molar-refractivity contribution in [2.24, 2.45) is 0 Å². The predicted octanol–water partition coefficient (Wildman–Crippen LogP) is 8.70. The second-order valence-electron chi connectivity index (χ2n) is 9.31. The van der Waals surface area contributed by atoms with Crippen LogP contribution in [-0.4, -0.2) is 9.55 Å². The number of nitrogens with one attached hydrogen (secondary N) is 1. The Morgan fingerprint density at radius 1 is 0.529 bits per heavy atom. The number of nitrogens with zero attached hydrogens (tertiary/aromatic N) is 1. The molecule has 7 aromatic rings. The minimum absolute atomic E-state index is 1.18. The standard InChI is InChI=1S/C32H24N2/c1-20-11-15-31-26(17-20)27-19-23(13-16-32(27)34(31)30-10-6-3-7-21(30)2)22-12-14-29-25(18-22)24-8-4-5-9-28(24)33-29/h3-19,33H,1-2H3. The molecule has 34 heavy (non-hydrogen) atoms. The van der Waals surface area contributed by atoms with Crippen molar-refractivity contribution in [3.63, 3.8) is 0 Å². The third kappa shape index (κ3) is 2.75. The van der Waals surface area contributed by atoms with E-state index in [1.165, 1.54) is 71.6 Å². The number of rotatable bonds is 2. The Morgan fingerprint density at radius 2 is 1.18 bits per heavy atom. The van der Waals surface area contributed by atoms with Crippen molar-refractivity contribution in [2.45, 2.75) is 13.8 Å². The summed E-state index contributed by atoms with van der Waals surface area (Å²) in [4.78, 5) is 3.54. The zero-order valence-electron chi connectivity index (χ0n) is 19.3. The van der Waals surface area contributed by atoms with Gasteiger partial charge < -0.3 is 9.55 Å². The number of H-pyrrole nitrogens is 1. The van der Waals surface area contributed by atoms with Crippen LogP contribution >= 0.6 is 0 Å². The van der Waals surface area contributed by atoms with Crippen LogP contribution in [0.1, 0.15) is 11.1 Å². The van der Waals surface area contributed by atoms with E-state index in [0.717, 1.165) is 0 Å². The summed E-state index contributed by atoms with van der Waals surface area (Å²) in [5.41, 5.74) is 11.1. The van der Waals surface area contributed by atoms with Gasteiger partial charge in [0.05, 0.1) is 11.0 Å². The van der Waals surface area contributed by atoms with E-state index < -0.39 is 0 Å². The Bertz CT molecular complexity index is 1880. The number of hydrogen-bond donors (Lipinski definition) is 1. The second kappa shape index (κ2) is 7.10. The summed E-state index contributed by atoms with van der Waals surface area (Å²) in [6.07, 6.45) is 0. The lowest BCUT2D eigenvalue weighted by molar-refractivity contribution is 1.15. The maximum absolute atomic E-state index is 3.54. The zero-order valence-corrected chi connectivity index (χ0v) is 19.3. The van der Waals surface area contributed by atoms with Crippen molar-refractivity contribution in [3.05, 3.63) is 114 Å². The Kier molecular flexibility index (Phi) is 4.01. The molecule has 0 saturated carbocycles. The number of fused-ring (bicyclic) bond motifs is 6. The van der Waals surface area contributed by atoms with E-state index in [0.29, 0.717) is 0 Å². The van der Waals surface area contributed by atoms with Gasteiger partial charge in [-0.25, -0.2) is 0 Å². The Morgan fingerprint density at radius 3 is 2.03 bits per heavy atom. The molecule has 2 aromatic heterocycles. The number of para-hydroxylation sites is 2. The van der Waals surface area contributed by atoms with Gasteiger partial charge in [-0.3, -0.25) is 0 Å². The van der Waals surface area contributed by atoms with Crippen LogP contribution in [0.15, 0.2) is 103 Å². The first-order valence-corrected chi connectivity index (χ1v) is 11.8. The molecule has 5 aromatic carbocycles. The van der Waals surface area contributed by atoms with E-state index in [4.69, 9.17) is 0 Å². The molecule has 2 heteroatoms. The zero-order chi connectivity index (χ0) is 22.8. The molecule has 0 aliphatic heterocycles. The van der Waals surface area contributed by atoms with Crippen LogP contribution in [0.2, 0.25) is 0 Å². The molecular weight excluding hydrogens is 412 g/mol. The summed E-state index contributed by atoms with van der Waals surface area (Å²) in [6.45, 7) is 4.36. The molecule has 0 spiro atoms. The first-order chi connectivity index (χ1) is 16.7. The van der Waals surface area contributed by atoms with Crippen LogP contribution in [0.25, 0.3) is 60.4 Å². The largest absolute Gasteiger partial charge is 0.355 e. The van der Waals surface area contributed by atoms with Gasteiger partial charge in [0, 0.05) is 38.3 Å². The summed E-state index contributed by atoms with van der Waals surface area (Å²) in [6, 6.07) is 37.6. The maximum Gasteiger partial charge on any atom is 0.0541 e. The Hall–Kier alpha value is -4.30. The molecule has 0 amide bonds. The highest BCUT2D eigenvalue weighted by molar-refractivity contribution is 6.12. The molecule has 2 heterocycles. The number of hydrogen-bond acceptors (Lipinski definition) is 0. The molecule has 0 aliphatic carbocycles. The fraction of sp³-hybridized carbons (Fsp3) is 0.0625. The molecule has 0 atom stereocenters. The van der Waals surface area contributed by atoms with E-state index in [1.807, 2.05) is 0 Å². The van der Waals surface area contributed by atoms with Crippen molar-refractivity contribution >= 4 is 43.6 Å². The minimum Gasteiger partial charge on any atom is -0.355 e. The fourth-order valence-electron chi connectivity index (χ4n) is 5.42. The topological polar surface area (TPSA) is 20.7 Å². The normalized spacial score (nSPS) is 11.8. The fourth-order valence-corrected chi connectivity index (χ4v) is 5.42. The highest BCUT2D eigenvalue weighted by atomic mass is 15.0. The predicted molar refractivity (Wildman–Crippen MR) is 145 cm³/mol. The van der Waals surface area contributed by atoms with E-state index >= 15 is 0 Å². The van der Waals surface area contributed by atoms with E-state index in [-0.39, 0.29) is 0 Å². The summed E-state index contributed by atoms with van der Waals surface area (Å²) in [5.74, 6) is 0. The molecular formula is C32H24N2. The van der Waals surface area contributed by atoms with E-state index in [2.05, 4.69) is 127 Å². The molecule has 0 unspecified atom stereocenters. The quantitative estimate of drug-likeness (QED) is 0.280. The number of aromatic amines is 1. The van der Waals surface area contributed by atoms with Gasteiger partial charge >= 0.3 is 0 Å². The monoisotopic (exact) mass is 436 g/mol. The average Bonchev–Trinajstić information content (AvgIpc) is 3.39. The SMILES string of the molecule is Cc1ccc2c(c1)c1cc(-c3ccc4[nH]c5ccccc5c4c3)ccc1n2-c1ccccc1C. The van der Waals surface area contributed by atoms with Crippen LogP contribution in [0.5, 0.6) is 0 Å². The van der Waals surface area contributed by atoms with Crippen molar-refractivity contribution in [3.8, 4) is 16.8 Å². The molecule has 0 aliphatic rings. The second-order valence-corrected chi connectivity index (χ2v) is 9.31. The third-order valence-electron chi connectivity index (χ3n) is 7.12. The van der Waals surface area contributed by atoms with Crippen LogP contribution in [0, 0.1) is 13.8 Å². The van der Waals surface area contributed by atoms with Crippen LogP contribution in [0.3, 0.4) is 0 Å². The van der Waals surface area contributed by atoms with Crippen molar-refractivity contribution < 1.29 is 0 Å². The van der Waals surface area contributed by atoms with Crippen molar-refractivity contribution in [2.75, 3.05) is 0 Å². The summed E-state index contributed by atoms with van der Waals surface area (Å²) < 4.78 is 2.41. The molecule has 0 bridgehead atoms. The molecule has 0 fully saturated rings. The van der Waals surface area contributed by atoms with Crippen LogP contribution in [0.4, 0.5) is 0 Å². The summed E-state index contributed by atoms with van der Waals surface area (Å²) in [5, 5.41) is 5.13. The van der Waals surface area contributed by atoms with Gasteiger partial charge in [0.25, 0.3) is 0 Å². The van der Waals surface area contributed by atoms with E-state index in [9.17, 15) is 0 Å². The highest BCUT2D eigenvalue weighted by Crippen LogP contribution is 2.37. The lowest BCUT2D eigenvalue weighted by Crippen LogP contribution is -1.96. The van der Waals surface area contributed by atoms with Gasteiger partial charge in [-0.2, -0.15) is 0 Å². The lowest BCUT2D eigenvalue weighted by Gasteiger charge is -2.11. The Balaban J connectivity index is 1.50. The van der Waals surface area contributed by atoms with E-state index in [1.54, 1.807) is 0 Å². The Labute approximate surface area is 198 Å². The molecule has 162 valence electrons. The summed E-state index contributed by atoms with van der Waals surface area (Å²) >= 11 is 0. The van der Waals surface area contributed by atoms with Gasteiger partial charge in [0.15, 0.2) is 0 Å². The van der Waals surface area contributed by atoms with Gasteiger partial charge in [0.2, 0.25) is 0 Å².